The summed E-state index contributed by atoms with van der Waals surface area (Å²) >= 11 is 0. The van der Waals surface area contributed by atoms with E-state index < -0.39 is 0 Å². The minimum Gasteiger partial charge on any atom is -0.496 e. The zero-order valence-corrected chi connectivity index (χ0v) is 10.0. The van der Waals surface area contributed by atoms with Gasteiger partial charge in [0.25, 0.3) is 0 Å². The van der Waals surface area contributed by atoms with E-state index in [1.54, 1.807) is 7.11 Å². The number of methoxy groups -OCH3 is 1. The molecule has 0 saturated heterocycles. The van der Waals surface area contributed by atoms with Crippen molar-refractivity contribution in [2.45, 2.75) is 31.7 Å². The molecule has 2 rings (SSSR count). The molecule has 0 bridgehead atoms. The molecule has 1 aliphatic rings. The molecule has 0 heterocycles. The summed E-state index contributed by atoms with van der Waals surface area (Å²) in [5, 5.41) is 0. The second-order valence-corrected chi connectivity index (χ2v) is 4.85. The Bertz CT molecular complexity index is 403. The summed E-state index contributed by atoms with van der Waals surface area (Å²) < 4.78 is 5.42. The molecule has 4 N–H and O–H groups in total. The lowest BCUT2D eigenvalue weighted by Gasteiger charge is -2.34. The first-order valence-corrected chi connectivity index (χ1v) is 5.73. The molecule has 0 fully saturated rings. The van der Waals surface area contributed by atoms with E-state index >= 15 is 0 Å². The zero-order valence-electron chi connectivity index (χ0n) is 10.0. The highest BCUT2D eigenvalue weighted by Gasteiger charge is 2.30. The topological polar surface area (TPSA) is 61.3 Å². The molecular weight excluding hydrogens is 200 g/mol. The lowest BCUT2D eigenvalue weighted by molar-refractivity contribution is 0.364. The van der Waals surface area contributed by atoms with Gasteiger partial charge in [0.05, 0.1) is 7.11 Å². The van der Waals surface area contributed by atoms with Crippen LogP contribution in [0.2, 0.25) is 0 Å². The van der Waals surface area contributed by atoms with Crippen LogP contribution in [0.15, 0.2) is 12.1 Å². The molecule has 1 atom stereocenters. The van der Waals surface area contributed by atoms with E-state index in [2.05, 4.69) is 19.1 Å². The summed E-state index contributed by atoms with van der Waals surface area (Å²) in [5.41, 5.74) is 15.6. The normalized spacial score (nSPS) is 24.0. The predicted octanol–water partition coefficient (Wildman–Crippen LogP) is 1.15. The summed E-state index contributed by atoms with van der Waals surface area (Å²) in [6.07, 6.45) is 2.76. The van der Waals surface area contributed by atoms with Gasteiger partial charge in [0.15, 0.2) is 0 Å². The fraction of sp³-hybridized carbons (Fsp3) is 0.538. The molecule has 0 aliphatic heterocycles. The Labute approximate surface area is 96.8 Å². The lowest BCUT2D eigenvalue weighted by atomic mass is 9.78. The maximum Gasteiger partial charge on any atom is 0.122 e. The van der Waals surface area contributed by atoms with E-state index in [9.17, 15) is 0 Å². The minimum absolute atomic E-state index is 0.230. The summed E-state index contributed by atoms with van der Waals surface area (Å²) in [5.74, 6) is 0.995. The molecular formula is C13H20N2O. The first-order valence-electron chi connectivity index (χ1n) is 5.73. The second kappa shape index (κ2) is 4.07. The molecule has 0 radical (unpaired) electrons. The van der Waals surface area contributed by atoms with Crippen molar-refractivity contribution in [2.24, 2.45) is 11.5 Å². The van der Waals surface area contributed by atoms with Crippen LogP contribution in [0.4, 0.5) is 0 Å². The third kappa shape index (κ3) is 1.93. The van der Waals surface area contributed by atoms with Gasteiger partial charge >= 0.3 is 0 Å². The van der Waals surface area contributed by atoms with Crippen molar-refractivity contribution in [1.82, 2.24) is 0 Å². The van der Waals surface area contributed by atoms with Gasteiger partial charge in [0.2, 0.25) is 0 Å². The Morgan fingerprint density at radius 2 is 2.19 bits per heavy atom. The van der Waals surface area contributed by atoms with E-state index in [4.69, 9.17) is 16.2 Å². The van der Waals surface area contributed by atoms with Crippen molar-refractivity contribution in [3.05, 3.63) is 28.8 Å². The van der Waals surface area contributed by atoms with Gasteiger partial charge in [-0.1, -0.05) is 6.07 Å². The quantitative estimate of drug-likeness (QED) is 0.786. The third-order valence-electron chi connectivity index (χ3n) is 3.49. The van der Waals surface area contributed by atoms with Crippen molar-refractivity contribution in [2.75, 3.05) is 13.7 Å². The smallest absolute Gasteiger partial charge is 0.122 e. The van der Waals surface area contributed by atoms with Crippen LogP contribution in [-0.4, -0.2) is 19.2 Å². The minimum atomic E-state index is -0.230. The number of hydrogen-bond donors (Lipinski definition) is 2. The Kier molecular flexibility index (Phi) is 2.91. The molecule has 16 heavy (non-hydrogen) atoms. The Hall–Kier alpha value is -1.06. The second-order valence-electron chi connectivity index (χ2n) is 4.85. The molecule has 3 heteroatoms. The number of rotatable bonds is 2. The van der Waals surface area contributed by atoms with Gasteiger partial charge in [-0.2, -0.15) is 0 Å². The highest BCUT2D eigenvalue weighted by molar-refractivity contribution is 5.46. The number of nitrogens with two attached hydrogens (primary N) is 2. The van der Waals surface area contributed by atoms with Gasteiger partial charge < -0.3 is 16.2 Å². The predicted molar refractivity (Wildman–Crippen MR) is 65.7 cm³/mol. The summed E-state index contributed by atoms with van der Waals surface area (Å²) in [6.45, 7) is 2.63. The third-order valence-corrected chi connectivity index (χ3v) is 3.49. The SMILES string of the molecule is COc1cc(C)cc2c1CCC(N)(CN)C2. The fourth-order valence-corrected chi connectivity index (χ4v) is 2.50. The largest absolute Gasteiger partial charge is 0.496 e. The Morgan fingerprint density at radius 3 is 2.81 bits per heavy atom. The van der Waals surface area contributed by atoms with Crippen LogP contribution in [0.25, 0.3) is 0 Å². The monoisotopic (exact) mass is 220 g/mol. The van der Waals surface area contributed by atoms with Crippen LogP contribution in [0, 0.1) is 6.92 Å². The number of ether oxygens (including phenoxy) is 1. The van der Waals surface area contributed by atoms with E-state index in [-0.39, 0.29) is 5.54 Å². The van der Waals surface area contributed by atoms with Gasteiger partial charge in [-0.25, -0.2) is 0 Å². The van der Waals surface area contributed by atoms with E-state index in [0.29, 0.717) is 6.54 Å². The van der Waals surface area contributed by atoms with Crippen LogP contribution < -0.4 is 16.2 Å². The fourth-order valence-electron chi connectivity index (χ4n) is 2.50. The van der Waals surface area contributed by atoms with E-state index in [0.717, 1.165) is 25.0 Å². The Balaban J connectivity index is 2.42. The molecule has 88 valence electrons. The molecule has 0 aromatic heterocycles. The molecule has 0 spiro atoms. The standard InChI is InChI=1S/C13H20N2O/c1-9-5-10-7-13(15,8-14)4-3-11(10)12(6-9)16-2/h5-6H,3-4,7-8,14-15H2,1-2H3. The Morgan fingerprint density at radius 1 is 1.44 bits per heavy atom. The summed E-state index contributed by atoms with van der Waals surface area (Å²) in [7, 11) is 1.72. The van der Waals surface area contributed by atoms with Crippen LogP contribution in [0.3, 0.4) is 0 Å². The molecule has 0 saturated carbocycles. The number of aryl methyl sites for hydroxylation is 1. The molecule has 1 unspecified atom stereocenters. The first kappa shape index (κ1) is 11.4. The molecule has 1 aromatic rings. The molecule has 3 nitrogen and oxygen atoms in total. The molecule has 0 amide bonds. The van der Waals surface area contributed by atoms with E-state index in [1.165, 1.54) is 16.7 Å². The van der Waals surface area contributed by atoms with Crippen molar-refractivity contribution in [1.29, 1.82) is 0 Å². The number of benzene rings is 1. The average molecular weight is 220 g/mol. The highest BCUT2D eigenvalue weighted by atomic mass is 16.5. The van der Waals surface area contributed by atoms with Crippen LogP contribution in [0.5, 0.6) is 5.75 Å². The van der Waals surface area contributed by atoms with Crippen LogP contribution >= 0.6 is 0 Å². The molecule has 1 aromatic carbocycles. The van der Waals surface area contributed by atoms with Gasteiger partial charge in [0.1, 0.15) is 5.75 Å². The van der Waals surface area contributed by atoms with Crippen LogP contribution in [-0.2, 0) is 12.8 Å². The highest BCUT2D eigenvalue weighted by Crippen LogP contribution is 2.33. The van der Waals surface area contributed by atoms with Crippen LogP contribution in [0.1, 0.15) is 23.1 Å². The van der Waals surface area contributed by atoms with Gasteiger partial charge in [-0.05, 0) is 48.9 Å². The molecule has 1 aliphatic carbocycles. The van der Waals surface area contributed by atoms with Crippen molar-refractivity contribution < 1.29 is 4.74 Å². The van der Waals surface area contributed by atoms with Crippen molar-refractivity contribution in [3.63, 3.8) is 0 Å². The van der Waals surface area contributed by atoms with Gasteiger partial charge in [-0.3, -0.25) is 0 Å². The van der Waals surface area contributed by atoms with Gasteiger partial charge in [-0.15, -0.1) is 0 Å². The number of fused-ring (bicyclic) bond motifs is 1. The lowest BCUT2D eigenvalue weighted by Crippen LogP contribution is -2.51. The maximum atomic E-state index is 6.25. The summed E-state index contributed by atoms with van der Waals surface area (Å²) in [6, 6.07) is 4.29. The zero-order chi connectivity index (χ0) is 11.8. The maximum absolute atomic E-state index is 6.25. The van der Waals surface area contributed by atoms with Gasteiger partial charge in [0, 0.05) is 12.1 Å². The van der Waals surface area contributed by atoms with Crippen molar-refractivity contribution >= 4 is 0 Å². The summed E-state index contributed by atoms with van der Waals surface area (Å²) in [4.78, 5) is 0. The van der Waals surface area contributed by atoms with Crippen molar-refractivity contribution in [3.8, 4) is 5.75 Å². The number of hydrogen-bond acceptors (Lipinski definition) is 3. The average Bonchev–Trinajstić information content (AvgIpc) is 2.27. The first-order chi connectivity index (χ1) is 7.58. The van der Waals surface area contributed by atoms with E-state index in [1.807, 2.05) is 0 Å².